The van der Waals surface area contributed by atoms with Crippen LogP contribution in [0.3, 0.4) is 0 Å². The molecule has 0 spiro atoms. The molecule has 3 rings (SSSR count). The Kier molecular flexibility index (Phi) is 7.02. The topological polar surface area (TPSA) is 90.7 Å². The molecule has 0 aliphatic carbocycles. The Morgan fingerprint density at radius 3 is 2.42 bits per heavy atom. The van der Waals surface area contributed by atoms with Crippen LogP contribution in [0.15, 0.2) is 45.8 Å². The summed E-state index contributed by atoms with van der Waals surface area (Å²) in [5.74, 6) is 1.84. The summed E-state index contributed by atoms with van der Waals surface area (Å²) in [6, 6.07) is 10.8. The number of aromatic nitrogens is 1. The van der Waals surface area contributed by atoms with Crippen molar-refractivity contribution in [2.75, 3.05) is 20.8 Å². The fraction of sp³-hybridized carbons (Fsp3) is 0.348. The first-order valence-electron chi connectivity index (χ1n) is 10.1. The van der Waals surface area contributed by atoms with E-state index in [0.29, 0.717) is 34.8 Å². The van der Waals surface area contributed by atoms with Crippen LogP contribution in [0, 0.1) is 13.8 Å². The van der Waals surface area contributed by atoms with Crippen LogP contribution >= 0.6 is 0 Å². The molecule has 7 nitrogen and oxygen atoms in total. The van der Waals surface area contributed by atoms with Crippen LogP contribution in [0.2, 0.25) is 0 Å². The van der Waals surface area contributed by atoms with Crippen molar-refractivity contribution >= 4 is 10.0 Å². The monoisotopic (exact) mass is 444 g/mol. The zero-order chi connectivity index (χ0) is 22.6. The van der Waals surface area contributed by atoms with Crippen LogP contribution in [0.1, 0.15) is 29.3 Å². The lowest BCUT2D eigenvalue weighted by molar-refractivity contribution is 0.354. The molecule has 1 aromatic heterocycles. The summed E-state index contributed by atoms with van der Waals surface area (Å²) < 4.78 is 44.7. The molecular formula is C23H28N2O5S. The third kappa shape index (κ3) is 4.91. The molecule has 3 aromatic rings. The minimum absolute atomic E-state index is 0.228. The van der Waals surface area contributed by atoms with Gasteiger partial charge in [-0.3, -0.25) is 0 Å². The van der Waals surface area contributed by atoms with Crippen molar-refractivity contribution in [1.29, 1.82) is 0 Å². The van der Waals surface area contributed by atoms with Crippen LogP contribution in [0.5, 0.6) is 11.5 Å². The number of sulfonamides is 1. The van der Waals surface area contributed by atoms with Gasteiger partial charge in [-0.2, -0.15) is 0 Å². The van der Waals surface area contributed by atoms with E-state index in [2.05, 4.69) is 9.88 Å². The lowest BCUT2D eigenvalue weighted by Gasteiger charge is -2.12. The number of rotatable bonds is 9. The molecule has 0 saturated carbocycles. The standard InChI is InChI=1S/C23H28N2O5S/c1-6-19-16(3)23(30-25-19)18-9-7-15(2)22(14-18)31(26,27)24-12-11-17-8-10-20(28-4)21(13-17)29-5/h7-10,13-14,24H,6,11-12H2,1-5H3. The zero-order valence-electron chi connectivity index (χ0n) is 18.5. The van der Waals surface area contributed by atoms with E-state index in [1.54, 1.807) is 39.3 Å². The van der Waals surface area contributed by atoms with Crippen LogP contribution in [0.4, 0.5) is 0 Å². The van der Waals surface area contributed by atoms with Crippen molar-refractivity contribution in [2.45, 2.75) is 38.5 Å². The Morgan fingerprint density at radius 2 is 1.77 bits per heavy atom. The van der Waals surface area contributed by atoms with Gasteiger partial charge in [0.25, 0.3) is 0 Å². The molecule has 1 heterocycles. The van der Waals surface area contributed by atoms with Crippen molar-refractivity contribution in [3.8, 4) is 22.8 Å². The van der Waals surface area contributed by atoms with E-state index >= 15 is 0 Å². The summed E-state index contributed by atoms with van der Waals surface area (Å²) in [6.07, 6.45) is 1.27. The second kappa shape index (κ2) is 9.53. The molecule has 0 amide bonds. The predicted molar refractivity (Wildman–Crippen MR) is 119 cm³/mol. The fourth-order valence-electron chi connectivity index (χ4n) is 3.44. The lowest BCUT2D eigenvalue weighted by atomic mass is 10.1. The van der Waals surface area contributed by atoms with E-state index in [1.807, 2.05) is 32.0 Å². The molecule has 0 aliphatic heterocycles. The number of nitrogens with one attached hydrogen (secondary N) is 1. The van der Waals surface area contributed by atoms with E-state index in [9.17, 15) is 8.42 Å². The lowest BCUT2D eigenvalue weighted by Crippen LogP contribution is -2.26. The van der Waals surface area contributed by atoms with Crippen LogP contribution in [0.25, 0.3) is 11.3 Å². The average Bonchev–Trinajstić information content (AvgIpc) is 3.14. The highest BCUT2D eigenvalue weighted by Crippen LogP contribution is 2.30. The molecule has 0 fully saturated rings. The Balaban J connectivity index is 1.78. The first kappa shape index (κ1) is 22.8. The molecule has 0 saturated heterocycles. The third-order valence-corrected chi connectivity index (χ3v) is 6.85. The molecule has 31 heavy (non-hydrogen) atoms. The average molecular weight is 445 g/mol. The molecule has 1 N–H and O–H groups in total. The predicted octanol–water partition coefficient (Wildman–Crippen LogP) is 4.06. The van der Waals surface area contributed by atoms with Crippen molar-refractivity contribution in [3.63, 3.8) is 0 Å². The summed E-state index contributed by atoms with van der Waals surface area (Å²) in [6.45, 7) is 5.96. The van der Waals surface area contributed by atoms with E-state index in [0.717, 1.165) is 23.2 Å². The number of nitrogens with zero attached hydrogens (tertiary/aromatic N) is 1. The van der Waals surface area contributed by atoms with Gasteiger partial charge in [-0.1, -0.05) is 30.3 Å². The van der Waals surface area contributed by atoms with E-state index in [1.165, 1.54) is 0 Å². The summed E-state index contributed by atoms with van der Waals surface area (Å²) in [7, 11) is -0.556. The molecule has 0 atom stereocenters. The summed E-state index contributed by atoms with van der Waals surface area (Å²) in [4.78, 5) is 0.228. The minimum Gasteiger partial charge on any atom is -0.493 e. The Morgan fingerprint density at radius 1 is 1.03 bits per heavy atom. The smallest absolute Gasteiger partial charge is 0.240 e. The number of hydrogen-bond donors (Lipinski definition) is 1. The van der Waals surface area contributed by atoms with Crippen LogP contribution in [-0.4, -0.2) is 34.3 Å². The van der Waals surface area contributed by atoms with E-state index < -0.39 is 10.0 Å². The quantitative estimate of drug-likeness (QED) is 0.535. The molecule has 0 unspecified atom stereocenters. The first-order chi connectivity index (χ1) is 14.8. The largest absolute Gasteiger partial charge is 0.493 e. The summed E-state index contributed by atoms with van der Waals surface area (Å²) in [5, 5.41) is 4.08. The normalized spacial score (nSPS) is 11.5. The number of hydrogen-bond acceptors (Lipinski definition) is 6. The van der Waals surface area contributed by atoms with Gasteiger partial charge >= 0.3 is 0 Å². The van der Waals surface area contributed by atoms with Gasteiger partial charge in [-0.25, -0.2) is 13.1 Å². The fourth-order valence-corrected chi connectivity index (χ4v) is 4.74. The SMILES string of the molecule is CCc1noc(-c2ccc(C)c(S(=O)(=O)NCCc3ccc(OC)c(OC)c3)c2)c1C. The van der Waals surface area contributed by atoms with E-state index in [-0.39, 0.29) is 11.4 Å². The summed E-state index contributed by atoms with van der Waals surface area (Å²) in [5.41, 5.74) is 4.09. The van der Waals surface area contributed by atoms with Gasteiger partial charge < -0.3 is 14.0 Å². The molecular weight excluding hydrogens is 416 g/mol. The molecule has 0 aliphatic rings. The summed E-state index contributed by atoms with van der Waals surface area (Å²) >= 11 is 0. The van der Waals surface area contributed by atoms with Crippen LogP contribution in [-0.2, 0) is 22.9 Å². The second-order valence-corrected chi connectivity index (χ2v) is 8.99. The molecule has 0 bridgehead atoms. The van der Waals surface area contributed by atoms with Gasteiger partial charge in [0, 0.05) is 17.7 Å². The van der Waals surface area contributed by atoms with Crippen molar-refractivity contribution in [1.82, 2.24) is 9.88 Å². The number of methoxy groups -OCH3 is 2. The molecule has 8 heteroatoms. The first-order valence-corrected chi connectivity index (χ1v) is 11.6. The maximum atomic E-state index is 13.0. The maximum absolute atomic E-state index is 13.0. The number of aryl methyl sites for hydroxylation is 2. The van der Waals surface area contributed by atoms with Crippen molar-refractivity contribution < 1.29 is 22.4 Å². The molecule has 0 radical (unpaired) electrons. The Labute approximate surface area is 183 Å². The minimum atomic E-state index is -3.70. The number of benzene rings is 2. The highest BCUT2D eigenvalue weighted by atomic mass is 32.2. The molecule has 166 valence electrons. The van der Waals surface area contributed by atoms with Crippen molar-refractivity contribution in [2.24, 2.45) is 0 Å². The number of ether oxygens (including phenoxy) is 2. The van der Waals surface area contributed by atoms with Crippen molar-refractivity contribution in [3.05, 3.63) is 58.8 Å². The van der Waals surface area contributed by atoms with Gasteiger partial charge in [-0.15, -0.1) is 0 Å². The van der Waals surface area contributed by atoms with Gasteiger partial charge in [0.05, 0.1) is 24.8 Å². The van der Waals surface area contributed by atoms with Gasteiger partial charge in [0.2, 0.25) is 10.0 Å². The van der Waals surface area contributed by atoms with Gasteiger partial charge in [-0.05, 0) is 56.0 Å². The second-order valence-electron chi connectivity index (χ2n) is 7.25. The van der Waals surface area contributed by atoms with Gasteiger partial charge in [0.1, 0.15) is 0 Å². The zero-order valence-corrected chi connectivity index (χ0v) is 19.3. The van der Waals surface area contributed by atoms with Gasteiger partial charge in [0.15, 0.2) is 17.3 Å². The molecule has 2 aromatic carbocycles. The van der Waals surface area contributed by atoms with Crippen LogP contribution < -0.4 is 14.2 Å². The Bertz CT molecular complexity index is 1170. The third-order valence-electron chi connectivity index (χ3n) is 5.25. The Hall–Kier alpha value is -2.84. The highest BCUT2D eigenvalue weighted by Gasteiger charge is 2.20. The highest BCUT2D eigenvalue weighted by molar-refractivity contribution is 7.89. The van der Waals surface area contributed by atoms with E-state index in [4.69, 9.17) is 14.0 Å². The maximum Gasteiger partial charge on any atom is 0.240 e.